The molecule has 0 N–H and O–H groups in total. The standard InChI is InChI=1S/C25H25N3OS2/c1-14-8-10-18(11-9-14)28-15(2)12-20(16(28)3)21(29)13-30-24-23-19-6-5-7-22(19)31-25(23)27-17(4)26-24/h8-12H,5-7,13H2,1-4H3. The SMILES string of the molecule is Cc1ccc(-n2c(C)cc(C(=O)CSc3nc(C)nc4sc5c(c34)CCC5)c2C)cc1. The van der Waals surface area contributed by atoms with Crippen LogP contribution in [0.3, 0.4) is 0 Å². The van der Waals surface area contributed by atoms with E-state index in [2.05, 4.69) is 47.7 Å². The minimum absolute atomic E-state index is 0.146. The van der Waals surface area contributed by atoms with Gasteiger partial charge in [0.05, 0.1) is 5.75 Å². The molecule has 0 saturated carbocycles. The number of nitrogens with zero attached hydrogens (tertiary/aromatic N) is 3. The summed E-state index contributed by atoms with van der Waals surface area (Å²) in [6, 6.07) is 10.4. The number of Topliss-reactive ketones (excluding diaryl/α,β-unsaturated/α-hetero) is 1. The van der Waals surface area contributed by atoms with E-state index in [-0.39, 0.29) is 5.78 Å². The van der Waals surface area contributed by atoms with Crippen molar-refractivity contribution in [3.63, 3.8) is 0 Å². The van der Waals surface area contributed by atoms with Gasteiger partial charge in [-0.15, -0.1) is 11.3 Å². The summed E-state index contributed by atoms with van der Waals surface area (Å²) in [6.45, 7) is 8.11. The molecule has 1 aromatic carbocycles. The fraction of sp³-hybridized carbons (Fsp3) is 0.320. The number of ketones is 1. The number of aromatic nitrogens is 3. The molecule has 0 bridgehead atoms. The number of thioether (sulfide) groups is 1. The minimum Gasteiger partial charge on any atom is -0.318 e. The Labute approximate surface area is 190 Å². The summed E-state index contributed by atoms with van der Waals surface area (Å²) in [5, 5.41) is 2.15. The van der Waals surface area contributed by atoms with Crippen molar-refractivity contribution in [1.82, 2.24) is 14.5 Å². The molecular weight excluding hydrogens is 422 g/mol. The van der Waals surface area contributed by atoms with Gasteiger partial charge in [-0.05, 0) is 70.7 Å². The van der Waals surface area contributed by atoms with E-state index in [4.69, 9.17) is 4.98 Å². The van der Waals surface area contributed by atoms with Gasteiger partial charge in [0.1, 0.15) is 15.7 Å². The van der Waals surface area contributed by atoms with Gasteiger partial charge in [0, 0.05) is 32.9 Å². The van der Waals surface area contributed by atoms with Crippen LogP contribution in [-0.2, 0) is 12.8 Å². The molecule has 0 fully saturated rings. The van der Waals surface area contributed by atoms with E-state index < -0.39 is 0 Å². The highest BCUT2D eigenvalue weighted by atomic mass is 32.2. The summed E-state index contributed by atoms with van der Waals surface area (Å²) in [5.74, 6) is 1.31. The highest BCUT2D eigenvalue weighted by Crippen LogP contribution is 2.40. The number of benzene rings is 1. The molecule has 4 nitrogen and oxygen atoms in total. The highest BCUT2D eigenvalue weighted by molar-refractivity contribution is 8.00. The molecule has 0 unspecified atom stereocenters. The van der Waals surface area contributed by atoms with Gasteiger partial charge < -0.3 is 4.57 Å². The summed E-state index contributed by atoms with van der Waals surface area (Å²) in [4.78, 5) is 25.1. The molecule has 0 spiro atoms. The third kappa shape index (κ3) is 3.62. The van der Waals surface area contributed by atoms with Crippen LogP contribution in [0.5, 0.6) is 0 Å². The molecule has 0 aliphatic heterocycles. The van der Waals surface area contributed by atoms with Crippen LogP contribution in [-0.4, -0.2) is 26.1 Å². The van der Waals surface area contributed by atoms with Gasteiger partial charge in [0.25, 0.3) is 0 Å². The van der Waals surface area contributed by atoms with Crippen molar-refractivity contribution in [2.75, 3.05) is 5.75 Å². The summed E-state index contributed by atoms with van der Waals surface area (Å²) in [7, 11) is 0. The lowest BCUT2D eigenvalue weighted by Crippen LogP contribution is -2.06. The number of fused-ring (bicyclic) bond motifs is 3. The van der Waals surface area contributed by atoms with Gasteiger partial charge in [0.15, 0.2) is 5.78 Å². The van der Waals surface area contributed by atoms with E-state index in [1.54, 1.807) is 23.1 Å². The topological polar surface area (TPSA) is 47.8 Å². The summed E-state index contributed by atoms with van der Waals surface area (Å²) < 4.78 is 2.16. The van der Waals surface area contributed by atoms with Gasteiger partial charge in [-0.2, -0.15) is 0 Å². The largest absolute Gasteiger partial charge is 0.318 e. The van der Waals surface area contributed by atoms with Gasteiger partial charge in [0.2, 0.25) is 0 Å². The number of aryl methyl sites for hydroxylation is 5. The molecule has 5 rings (SSSR count). The second kappa shape index (κ2) is 7.92. The van der Waals surface area contributed by atoms with Crippen LogP contribution in [0.1, 0.15) is 50.0 Å². The number of hydrogen-bond acceptors (Lipinski definition) is 5. The average molecular weight is 448 g/mol. The first-order chi connectivity index (χ1) is 14.9. The normalized spacial score (nSPS) is 13.2. The number of rotatable bonds is 5. The fourth-order valence-electron chi connectivity index (χ4n) is 4.52. The van der Waals surface area contributed by atoms with Crippen molar-refractivity contribution < 1.29 is 4.79 Å². The lowest BCUT2D eigenvalue weighted by Gasteiger charge is -2.10. The van der Waals surface area contributed by atoms with Gasteiger partial charge in [-0.25, -0.2) is 9.97 Å². The Morgan fingerprint density at radius 2 is 1.87 bits per heavy atom. The molecule has 0 amide bonds. The Bertz CT molecular complexity index is 1320. The lowest BCUT2D eigenvalue weighted by molar-refractivity contribution is 0.102. The molecule has 0 atom stereocenters. The van der Waals surface area contributed by atoms with Crippen LogP contribution in [0, 0.1) is 27.7 Å². The molecule has 0 saturated heterocycles. The number of carbonyl (C=O) groups excluding carboxylic acids is 1. The smallest absolute Gasteiger partial charge is 0.174 e. The molecule has 31 heavy (non-hydrogen) atoms. The predicted octanol–water partition coefficient (Wildman–Crippen LogP) is 6.18. The number of hydrogen-bond donors (Lipinski definition) is 0. The summed E-state index contributed by atoms with van der Waals surface area (Å²) >= 11 is 3.35. The van der Waals surface area contributed by atoms with E-state index in [1.165, 1.54) is 27.8 Å². The van der Waals surface area contributed by atoms with Crippen LogP contribution in [0.15, 0.2) is 35.4 Å². The van der Waals surface area contributed by atoms with Crippen LogP contribution < -0.4 is 0 Å². The van der Waals surface area contributed by atoms with Crippen LogP contribution >= 0.6 is 23.1 Å². The van der Waals surface area contributed by atoms with Gasteiger partial charge >= 0.3 is 0 Å². The quantitative estimate of drug-likeness (QED) is 0.208. The lowest BCUT2D eigenvalue weighted by atomic mass is 10.2. The number of thiophene rings is 1. The first-order valence-corrected chi connectivity index (χ1v) is 12.4. The zero-order chi connectivity index (χ0) is 21.7. The Balaban J connectivity index is 1.43. The molecule has 6 heteroatoms. The van der Waals surface area contributed by atoms with Crippen molar-refractivity contribution >= 4 is 39.1 Å². The van der Waals surface area contributed by atoms with Crippen molar-refractivity contribution in [3.05, 3.63) is 69.1 Å². The molecule has 1 aliphatic carbocycles. The first-order valence-electron chi connectivity index (χ1n) is 10.6. The van der Waals surface area contributed by atoms with Crippen LogP contribution in [0.2, 0.25) is 0 Å². The molecule has 4 aromatic rings. The van der Waals surface area contributed by atoms with Crippen molar-refractivity contribution in [2.24, 2.45) is 0 Å². The zero-order valence-electron chi connectivity index (χ0n) is 18.3. The van der Waals surface area contributed by atoms with E-state index in [9.17, 15) is 4.79 Å². The Kier molecular flexibility index (Phi) is 5.22. The van der Waals surface area contributed by atoms with E-state index in [0.29, 0.717) is 5.75 Å². The maximum absolute atomic E-state index is 13.2. The monoisotopic (exact) mass is 447 g/mol. The second-order valence-electron chi connectivity index (χ2n) is 8.28. The maximum atomic E-state index is 13.2. The third-order valence-electron chi connectivity index (χ3n) is 6.01. The fourth-order valence-corrected chi connectivity index (χ4v) is 6.87. The molecule has 3 aromatic heterocycles. The average Bonchev–Trinajstić information content (AvgIpc) is 3.39. The van der Waals surface area contributed by atoms with Crippen molar-refractivity contribution in [2.45, 2.75) is 52.0 Å². The van der Waals surface area contributed by atoms with Crippen LogP contribution in [0.4, 0.5) is 0 Å². The predicted molar refractivity (Wildman–Crippen MR) is 129 cm³/mol. The molecule has 1 aliphatic rings. The van der Waals surface area contributed by atoms with Gasteiger partial charge in [-0.3, -0.25) is 4.79 Å². The summed E-state index contributed by atoms with van der Waals surface area (Å²) in [5.41, 5.74) is 6.59. The molecule has 0 radical (unpaired) electrons. The molecular formula is C25H25N3OS2. The molecule has 158 valence electrons. The van der Waals surface area contributed by atoms with Crippen molar-refractivity contribution in [3.8, 4) is 5.69 Å². The van der Waals surface area contributed by atoms with Crippen molar-refractivity contribution in [1.29, 1.82) is 0 Å². The third-order valence-corrected chi connectivity index (χ3v) is 8.17. The summed E-state index contributed by atoms with van der Waals surface area (Å²) in [6.07, 6.45) is 3.45. The molecule has 3 heterocycles. The maximum Gasteiger partial charge on any atom is 0.174 e. The van der Waals surface area contributed by atoms with Gasteiger partial charge in [-0.1, -0.05) is 29.5 Å². The van der Waals surface area contributed by atoms with Crippen LogP contribution in [0.25, 0.3) is 15.9 Å². The Hall–Kier alpha value is -2.44. The highest BCUT2D eigenvalue weighted by Gasteiger charge is 2.23. The van der Waals surface area contributed by atoms with E-state index in [0.717, 1.165) is 51.2 Å². The van der Waals surface area contributed by atoms with E-state index in [1.807, 2.05) is 19.9 Å². The number of carbonyl (C=O) groups is 1. The zero-order valence-corrected chi connectivity index (χ0v) is 19.9. The van der Waals surface area contributed by atoms with E-state index >= 15 is 0 Å². The second-order valence-corrected chi connectivity index (χ2v) is 10.3. The Morgan fingerprint density at radius 1 is 1.10 bits per heavy atom. The Morgan fingerprint density at radius 3 is 2.65 bits per heavy atom. The minimum atomic E-state index is 0.146. The first kappa shape index (κ1) is 20.5.